The van der Waals surface area contributed by atoms with Gasteiger partial charge in [-0.3, -0.25) is 14.3 Å². The van der Waals surface area contributed by atoms with Crippen LogP contribution < -0.4 is 5.32 Å². The van der Waals surface area contributed by atoms with Gasteiger partial charge in [-0.1, -0.05) is 54.1 Å². The van der Waals surface area contributed by atoms with Gasteiger partial charge >= 0.3 is 0 Å². The van der Waals surface area contributed by atoms with Gasteiger partial charge in [-0.15, -0.1) is 0 Å². The highest BCUT2D eigenvalue weighted by Gasteiger charge is 2.10. The molecule has 0 atom stereocenters. The molecule has 2 aromatic carbocycles. The Morgan fingerprint density at radius 3 is 2.41 bits per heavy atom. The number of aromatic nitrogens is 2. The maximum atomic E-state index is 12.2. The highest BCUT2D eigenvalue weighted by molar-refractivity contribution is 5.97. The van der Waals surface area contributed by atoms with E-state index in [0.717, 1.165) is 16.7 Å². The van der Waals surface area contributed by atoms with Gasteiger partial charge in [0.05, 0.1) is 6.54 Å². The molecule has 27 heavy (non-hydrogen) atoms. The molecule has 0 unspecified atom stereocenters. The van der Waals surface area contributed by atoms with Crippen LogP contribution >= 0.6 is 0 Å². The molecule has 3 rings (SSSR count). The largest absolute Gasteiger partial charge is 0.352 e. The molecule has 0 saturated heterocycles. The summed E-state index contributed by atoms with van der Waals surface area (Å²) < 4.78 is 1.85. The first kappa shape index (κ1) is 18.6. The maximum absolute atomic E-state index is 12.2. The number of rotatable bonds is 8. The van der Waals surface area contributed by atoms with Crippen molar-refractivity contribution in [2.75, 3.05) is 0 Å². The monoisotopic (exact) mass is 361 g/mol. The zero-order valence-electron chi connectivity index (χ0n) is 15.4. The van der Waals surface area contributed by atoms with Crippen LogP contribution in [0.1, 0.15) is 39.9 Å². The Kier molecular flexibility index (Phi) is 6.15. The van der Waals surface area contributed by atoms with E-state index in [0.29, 0.717) is 18.7 Å². The third kappa shape index (κ3) is 5.38. The second kappa shape index (κ2) is 8.94. The predicted octanol–water partition coefficient (Wildman–Crippen LogP) is 3.52. The summed E-state index contributed by atoms with van der Waals surface area (Å²) in [6.07, 6.45) is 4.05. The van der Waals surface area contributed by atoms with Crippen molar-refractivity contribution < 1.29 is 9.59 Å². The second-order valence-electron chi connectivity index (χ2n) is 6.54. The molecule has 1 amide bonds. The number of hydrogen-bond donors (Lipinski definition) is 1. The lowest BCUT2D eigenvalue weighted by atomic mass is 10.0. The molecule has 5 heteroatoms. The Balaban J connectivity index is 1.50. The van der Waals surface area contributed by atoms with Crippen molar-refractivity contribution in [2.24, 2.45) is 0 Å². The number of carbonyl (C=O) groups excluding carboxylic acids is 2. The highest BCUT2D eigenvalue weighted by Crippen LogP contribution is 2.11. The van der Waals surface area contributed by atoms with Crippen LogP contribution in [0.2, 0.25) is 0 Å². The van der Waals surface area contributed by atoms with Gasteiger partial charge in [0.2, 0.25) is 5.91 Å². The lowest BCUT2D eigenvalue weighted by molar-refractivity contribution is -0.121. The van der Waals surface area contributed by atoms with Crippen LogP contribution in [0.15, 0.2) is 67.0 Å². The summed E-state index contributed by atoms with van der Waals surface area (Å²) >= 11 is 0. The standard InChI is InChI=1S/C22H23N3O2/c1-17-7-9-18(10-8-17)21(26)11-12-22(27)23-15-19-5-2-3-6-20(19)16-25-14-4-13-24-25/h2-10,13-14H,11-12,15-16H2,1H3,(H,23,27). The van der Waals surface area contributed by atoms with Crippen LogP contribution in [0.4, 0.5) is 0 Å². The van der Waals surface area contributed by atoms with Crippen molar-refractivity contribution in [1.82, 2.24) is 15.1 Å². The van der Waals surface area contributed by atoms with Crippen LogP contribution in [0, 0.1) is 6.92 Å². The zero-order valence-corrected chi connectivity index (χ0v) is 15.4. The molecule has 0 aliphatic carbocycles. The summed E-state index contributed by atoms with van der Waals surface area (Å²) in [5.74, 6) is -0.131. The van der Waals surface area contributed by atoms with Gasteiger partial charge in [0, 0.05) is 37.3 Å². The predicted molar refractivity (Wildman–Crippen MR) is 104 cm³/mol. The van der Waals surface area contributed by atoms with Gasteiger partial charge in [-0.2, -0.15) is 5.10 Å². The molecule has 0 aliphatic heterocycles. The molecule has 0 saturated carbocycles. The van der Waals surface area contributed by atoms with Crippen molar-refractivity contribution in [2.45, 2.75) is 32.9 Å². The average Bonchev–Trinajstić information content (AvgIpc) is 3.19. The van der Waals surface area contributed by atoms with E-state index < -0.39 is 0 Å². The van der Waals surface area contributed by atoms with Gasteiger partial charge in [0.25, 0.3) is 0 Å². The first-order chi connectivity index (χ1) is 13.1. The molecule has 0 aliphatic rings. The fraction of sp³-hybridized carbons (Fsp3) is 0.227. The normalized spacial score (nSPS) is 10.6. The van der Waals surface area contributed by atoms with Crippen LogP contribution in [0.5, 0.6) is 0 Å². The van der Waals surface area contributed by atoms with Gasteiger partial charge in [0.1, 0.15) is 0 Å². The van der Waals surface area contributed by atoms with E-state index in [-0.39, 0.29) is 24.5 Å². The Labute approximate surface area is 159 Å². The fourth-order valence-electron chi connectivity index (χ4n) is 2.85. The Bertz CT molecular complexity index is 900. The summed E-state index contributed by atoms with van der Waals surface area (Å²) in [7, 11) is 0. The number of Topliss-reactive ketones (excluding diaryl/α,β-unsaturated/α-hetero) is 1. The number of benzene rings is 2. The molecular weight excluding hydrogens is 338 g/mol. The number of hydrogen-bond acceptors (Lipinski definition) is 3. The van der Waals surface area contributed by atoms with Gasteiger partial charge < -0.3 is 5.32 Å². The molecule has 138 valence electrons. The summed E-state index contributed by atoms with van der Waals surface area (Å²) in [6, 6.07) is 17.3. The SMILES string of the molecule is Cc1ccc(C(=O)CCC(=O)NCc2ccccc2Cn2cccn2)cc1. The number of ketones is 1. The number of nitrogens with zero attached hydrogens (tertiary/aromatic N) is 2. The van der Waals surface area contributed by atoms with Gasteiger partial charge in [-0.05, 0) is 24.1 Å². The van der Waals surface area contributed by atoms with E-state index in [9.17, 15) is 9.59 Å². The first-order valence-electron chi connectivity index (χ1n) is 9.02. The van der Waals surface area contributed by atoms with E-state index in [1.807, 2.05) is 60.3 Å². The van der Waals surface area contributed by atoms with Crippen LogP contribution in [-0.2, 0) is 17.9 Å². The fourth-order valence-corrected chi connectivity index (χ4v) is 2.85. The van der Waals surface area contributed by atoms with Crippen LogP contribution in [-0.4, -0.2) is 21.5 Å². The molecule has 3 aromatic rings. The lowest BCUT2D eigenvalue weighted by Gasteiger charge is -2.11. The zero-order chi connectivity index (χ0) is 19.1. The molecular formula is C22H23N3O2. The van der Waals surface area contributed by atoms with E-state index >= 15 is 0 Å². The van der Waals surface area contributed by atoms with Crippen molar-refractivity contribution in [3.8, 4) is 0 Å². The van der Waals surface area contributed by atoms with Crippen LogP contribution in [0.3, 0.4) is 0 Å². The van der Waals surface area contributed by atoms with E-state index in [1.165, 1.54) is 0 Å². The highest BCUT2D eigenvalue weighted by atomic mass is 16.2. The lowest BCUT2D eigenvalue weighted by Crippen LogP contribution is -2.24. The molecule has 1 N–H and O–H groups in total. The quantitative estimate of drug-likeness (QED) is 0.625. The molecule has 1 aromatic heterocycles. The minimum Gasteiger partial charge on any atom is -0.352 e. The summed E-state index contributed by atoms with van der Waals surface area (Å²) in [6.45, 7) is 3.08. The average molecular weight is 361 g/mol. The van der Waals surface area contributed by atoms with Crippen molar-refractivity contribution in [3.05, 3.63) is 89.2 Å². The molecule has 0 bridgehead atoms. The molecule has 0 radical (unpaired) electrons. The topological polar surface area (TPSA) is 64.0 Å². The van der Waals surface area contributed by atoms with E-state index in [2.05, 4.69) is 10.4 Å². The van der Waals surface area contributed by atoms with Crippen molar-refractivity contribution >= 4 is 11.7 Å². The molecule has 0 fully saturated rings. The van der Waals surface area contributed by atoms with Gasteiger partial charge in [-0.25, -0.2) is 0 Å². The summed E-state index contributed by atoms with van der Waals surface area (Å²) in [5.41, 5.74) is 3.92. The smallest absolute Gasteiger partial charge is 0.220 e. The Hall–Kier alpha value is -3.21. The minimum absolute atomic E-state index is 0.00997. The van der Waals surface area contributed by atoms with E-state index in [4.69, 9.17) is 0 Å². The number of carbonyl (C=O) groups is 2. The summed E-state index contributed by atoms with van der Waals surface area (Å²) in [4.78, 5) is 24.3. The van der Waals surface area contributed by atoms with Crippen molar-refractivity contribution in [1.29, 1.82) is 0 Å². The Morgan fingerprint density at radius 2 is 1.70 bits per heavy atom. The number of aryl methyl sites for hydroxylation is 1. The maximum Gasteiger partial charge on any atom is 0.220 e. The minimum atomic E-state index is -0.121. The molecule has 0 spiro atoms. The number of nitrogens with one attached hydrogen (secondary N) is 1. The number of amides is 1. The van der Waals surface area contributed by atoms with Gasteiger partial charge in [0.15, 0.2) is 5.78 Å². The first-order valence-corrected chi connectivity index (χ1v) is 9.02. The Morgan fingerprint density at radius 1 is 0.963 bits per heavy atom. The molecule has 5 nitrogen and oxygen atoms in total. The third-order valence-electron chi connectivity index (χ3n) is 4.44. The van der Waals surface area contributed by atoms with E-state index in [1.54, 1.807) is 18.3 Å². The van der Waals surface area contributed by atoms with Crippen LogP contribution in [0.25, 0.3) is 0 Å². The summed E-state index contributed by atoms with van der Waals surface area (Å²) in [5, 5.41) is 7.14. The third-order valence-corrected chi connectivity index (χ3v) is 4.44. The van der Waals surface area contributed by atoms with Crippen molar-refractivity contribution in [3.63, 3.8) is 0 Å². The second-order valence-corrected chi connectivity index (χ2v) is 6.54. The molecule has 1 heterocycles.